The Hall–Kier alpha value is -2.82. The van der Waals surface area contributed by atoms with Gasteiger partial charge >= 0.3 is 0 Å². The number of aromatic amines is 1. The molecule has 10 nitrogen and oxygen atoms in total. The van der Waals surface area contributed by atoms with Crippen LogP contribution < -0.4 is 0 Å². The summed E-state index contributed by atoms with van der Waals surface area (Å²) in [5.74, 6) is -0.0418. The van der Waals surface area contributed by atoms with Crippen LogP contribution >= 0.6 is 0 Å². The highest BCUT2D eigenvalue weighted by Crippen LogP contribution is 2.32. The SMILES string of the molecule is CC(C)(C)c1cc(C(=O)N2CCC[C@@H](c3c(S(C)(=O)=O)cnc4ncnn34)C2)n[nH]1. The van der Waals surface area contributed by atoms with Crippen molar-refractivity contribution >= 4 is 21.5 Å². The summed E-state index contributed by atoms with van der Waals surface area (Å²) in [6, 6.07) is 1.79. The molecule has 4 rings (SSSR count). The number of hydrogen-bond acceptors (Lipinski definition) is 7. The Kier molecular flexibility index (Phi) is 4.88. The van der Waals surface area contributed by atoms with E-state index < -0.39 is 9.84 Å². The molecule has 1 aliphatic heterocycles. The van der Waals surface area contributed by atoms with Crippen LogP contribution in [0.1, 0.15) is 61.4 Å². The standard InChI is InChI=1S/C19H25N7O3S/c1-19(2,3)15-8-13(23-24-15)17(27)25-7-5-6-12(10-25)16-14(30(4,28)29)9-20-18-21-11-22-26(16)18/h8-9,11-12H,5-7,10H2,1-4H3,(H,23,24)/t12-/m1/s1. The number of likely N-dealkylation sites (tertiary alicyclic amines) is 1. The number of carbonyl (C=O) groups excluding carboxylic acids is 1. The number of aromatic nitrogens is 6. The number of hydrogen-bond donors (Lipinski definition) is 1. The smallest absolute Gasteiger partial charge is 0.274 e. The van der Waals surface area contributed by atoms with Crippen molar-refractivity contribution in [2.45, 2.75) is 49.8 Å². The molecule has 1 aliphatic rings. The van der Waals surface area contributed by atoms with Crippen LogP contribution in [0.3, 0.4) is 0 Å². The van der Waals surface area contributed by atoms with Crippen LogP contribution in [0, 0.1) is 0 Å². The Bertz CT molecular complexity index is 1210. The Morgan fingerprint density at radius 2 is 2.03 bits per heavy atom. The maximum atomic E-state index is 13.1. The fourth-order valence-corrected chi connectivity index (χ4v) is 4.68. The number of rotatable bonds is 3. The number of carbonyl (C=O) groups is 1. The topological polar surface area (TPSA) is 126 Å². The fraction of sp³-hybridized carbons (Fsp3) is 0.526. The number of piperidine rings is 1. The first kappa shape index (κ1) is 20.5. The summed E-state index contributed by atoms with van der Waals surface area (Å²) in [7, 11) is -3.53. The number of fused-ring (bicyclic) bond motifs is 1. The normalized spacial score (nSPS) is 18.1. The molecule has 3 aromatic heterocycles. The van der Waals surface area contributed by atoms with E-state index in [0.29, 0.717) is 30.3 Å². The van der Waals surface area contributed by atoms with Crippen LogP contribution in [0.5, 0.6) is 0 Å². The quantitative estimate of drug-likeness (QED) is 0.667. The number of nitrogens with one attached hydrogen (secondary N) is 1. The zero-order valence-electron chi connectivity index (χ0n) is 17.5. The number of sulfone groups is 1. The van der Waals surface area contributed by atoms with Crippen LogP contribution in [0.2, 0.25) is 0 Å². The molecule has 1 amide bonds. The molecule has 1 fully saturated rings. The Morgan fingerprint density at radius 1 is 1.27 bits per heavy atom. The van der Waals surface area contributed by atoms with E-state index in [1.165, 1.54) is 17.0 Å². The van der Waals surface area contributed by atoms with Gasteiger partial charge in [-0.2, -0.15) is 19.7 Å². The van der Waals surface area contributed by atoms with Crippen LogP contribution in [0.15, 0.2) is 23.5 Å². The first-order chi connectivity index (χ1) is 14.1. The van der Waals surface area contributed by atoms with E-state index in [0.717, 1.165) is 24.8 Å². The lowest BCUT2D eigenvalue weighted by molar-refractivity contribution is 0.0698. The van der Waals surface area contributed by atoms with Gasteiger partial charge in [0.05, 0.1) is 11.9 Å². The summed E-state index contributed by atoms with van der Waals surface area (Å²) < 4.78 is 26.3. The molecule has 1 saturated heterocycles. The summed E-state index contributed by atoms with van der Waals surface area (Å²) in [6.07, 6.45) is 5.31. The lowest BCUT2D eigenvalue weighted by Gasteiger charge is -2.33. The van der Waals surface area contributed by atoms with E-state index >= 15 is 0 Å². The maximum absolute atomic E-state index is 13.1. The third-order valence-corrected chi connectivity index (χ3v) is 6.52. The summed E-state index contributed by atoms with van der Waals surface area (Å²) in [5.41, 5.74) is 1.63. The average molecular weight is 432 g/mol. The molecule has 11 heteroatoms. The van der Waals surface area contributed by atoms with Gasteiger partial charge in [-0.05, 0) is 18.9 Å². The monoisotopic (exact) mass is 431 g/mol. The Labute approximate surface area is 174 Å². The number of amides is 1. The van der Waals surface area contributed by atoms with Gasteiger partial charge < -0.3 is 4.90 Å². The van der Waals surface area contributed by atoms with E-state index in [1.807, 2.05) is 20.8 Å². The fourth-order valence-electron chi connectivity index (χ4n) is 3.80. The third kappa shape index (κ3) is 3.69. The lowest BCUT2D eigenvalue weighted by atomic mass is 9.92. The summed E-state index contributed by atoms with van der Waals surface area (Å²) >= 11 is 0. The highest BCUT2D eigenvalue weighted by molar-refractivity contribution is 7.90. The average Bonchev–Trinajstić information content (AvgIpc) is 3.35. The predicted octanol–water partition coefficient (Wildman–Crippen LogP) is 1.57. The van der Waals surface area contributed by atoms with Crippen molar-refractivity contribution in [1.29, 1.82) is 0 Å². The summed E-state index contributed by atoms with van der Waals surface area (Å²) in [5, 5.41) is 11.3. The summed E-state index contributed by atoms with van der Waals surface area (Å²) in [4.78, 5) is 23.1. The molecule has 0 radical (unpaired) electrons. The van der Waals surface area contributed by atoms with Gasteiger partial charge in [0, 0.05) is 36.4 Å². The van der Waals surface area contributed by atoms with E-state index in [-0.39, 0.29) is 22.1 Å². The molecular formula is C19H25N7O3S. The van der Waals surface area contributed by atoms with Crippen molar-refractivity contribution in [3.63, 3.8) is 0 Å². The molecule has 0 unspecified atom stereocenters. The molecule has 0 spiro atoms. The second-order valence-electron chi connectivity index (χ2n) is 8.76. The molecule has 160 valence electrons. The van der Waals surface area contributed by atoms with Gasteiger partial charge in [0.25, 0.3) is 11.7 Å². The Balaban J connectivity index is 1.67. The Morgan fingerprint density at radius 3 is 2.70 bits per heavy atom. The van der Waals surface area contributed by atoms with Gasteiger partial charge in [-0.15, -0.1) is 0 Å². The third-order valence-electron chi connectivity index (χ3n) is 5.41. The number of H-pyrrole nitrogens is 1. The zero-order valence-corrected chi connectivity index (χ0v) is 18.3. The van der Waals surface area contributed by atoms with Gasteiger partial charge in [0.15, 0.2) is 9.84 Å². The largest absolute Gasteiger partial charge is 0.337 e. The van der Waals surface area contributed by atoms with Crippen molar-refractivity contribution in [3.05, 3.63) is 35.7 Å². The van der Waals surface area contributed by atoms with E-state index in [1.54, 1.807) is 11.0 Å². The van der Waals surface area contributed by atoms with Crippen LogP contribution in [-0.2, 0) is 15.3 Å². The van der Waals surface area contributed by atoms with Gasteiger partial charge in [-0.3, -0.25) is 9.89 Å². The molecular weight excluding hydrogens is 406 g/mol. The number of nitrogens with zero attached hydrogens (tertiary/aromatic N) is 6. The molecule has 1 N–H and O–H groups in total. The second kappa shape index (κ2) is 7.15. The predicted molar refractivity (Wildman–Crippen MR) is 109 cm³/mol. The van der Waals surface area contributed by atoms with Crippen LogP contribution in [0.4, 0.5) is 0 Å². The molecule has 4 heterocycles. The minimum absolute atomic E-state index is 0.120. The molecule has 0 saturated carbocycles. The van der Waals surface area contributed by atoms with Crippen LogP contribution in [0.25, 0.3) is 5.78 Å². The second-order valence-corrected chi connectivity index (χ2v) is 10.7. The van der Waals surface area contributed by atoms with E-state index in [4.69, 9.17) is 0 Å². The summed E-state index contributed by atoms with van der Waals surface area (Å²) in [6.45, 7) is 7.10. The van der Waals surface area contributed by atoms with Crippen molar-refractivity contribution in [3.8, 4) is 0 Å². The minimum Gasteiger partial charge on any atom is -0.337 e. The minimum atomic E-state index is -3.53. The van der Waals surface area contributed by atoms with Crippen molar-refractivity contribution < 1.29 is 13.2 Å². The molecule has 3 aromatic rings. The van der Waals surface area contributed by atoms with Gasteiger partial charge in [0.2, 0.25) is 0 Å². The zero-order chi connectivity index (χ0) is 21.7. The highest BCUT2D eigenvalue weighted by atomic mass is 32.2. The van der Waals surface area contributed by atoms with Crippen LogP contribution in [-0.4, -0.2) is 68.3 Å². The van der Waals surface area contributed by atoms with Crippen molar-refractivity contribution in [2.24, 2.45) is 0 Å². The lowest BCUT2D eigenvalue weighted by Crippen LogP contribution is -2.40. The van der Waals surface area contributed by atoms with E-state index in [9.17, 15) is 13.2 Å². The first-order valence-electron chi connectivity index (χ1n) is 9.79. The van der Waals surface area contributed by atoms with E-state index in [2.05, 4.69) is 25.3 Å². The first-order valence-corrected chi connectivity index (χ1v) is 11.7. The molecule has 30 heavy (non-hydrogen) atoms. The van der Waals surface area contributed by atoms with Gasteiger partial charge in [0.1, 0.15) is 16.9 Å². The highest BCUT2D eigenvalue weighted by Gasteiger charge is 2.32. The van der Waals surface area contributed by atoms with Crippen molar-refractivity contribution in [1.82, 2.24) is 34.7 Å². The van der Waals surface area contributed by atoms with Crippen molar-refractivity contribution in [2.75, 3.05) is 19.3 Å². The van der Waals surface area contributed by atoms with Gasteiger partial charge in [-0.25, -0.2) is 13.4 Å². The van der Waals surface area contributed by atoms with Gasteiger partial charge in [-0.1, -0.05) is 20.8 Å². The molecule has 0 aliphatic carbocycles. The maximum Gasteiger partial charge on any atom is 0.274 e. The molecule has 0 aromatic carbocycles. The molecule has 0 bridgehead atoms. The molecule has 1 atom stereocenters.